The molecule has 0 bridgehead atoms. The molecule has 1 fully saturated rings. The third-order valence-corrected chi connectivity index (χ3v) is 4.08. The number of rotatable bonds is 4. The summed E-state index contributed by atoms with van der Waals surface area (Å²) in [7, 11) is 0. The molecule has 110 valence electrons. The zero-order chi connectivity index (χ0) is 14.5. The molecule has 1 aliphatic rings. The third-order valence-electron chi connectivity index (χ3n) is 3.84. The maximum atomic E-state index is 11.8. The number of aliphatic hydroxyl groups excluding tert-OH is 1. The van der Waals surface area contributed by atoms with Crippen LogP contribution in [0.2, 0.25) is 5.02 Å². The molecular formula is C15H21ClN2O2. The van der Waals surface area contributed by atoms with E-state index in [1.165, 1.54) is 0 Å². The van der Waals surface area contributed by atoms with Crippen LogP contribution >= 0.6 is 11.6 Å². The number of carbonyl (C=O) groups is 1. The number of amides is 2. The topological polar surface area (TPSA) is 61.4 Å². The lowest BCUT2D eigenvalue weighted by Crippen LogP contribution is -2.40. The molecule has 2 amide bonds. The summed E-state index contributed by atoms with van der Waals surface area (Å²) in [6.45, 7) is 2.44. The van der Waals surface area contributed by atoms with Gasteiger partial charge in [-0.15, -0.1) is 0 Å². The van der Waals surface area contributed by atoms with Gasteiger partial charge in [0.15, 0.2) is 0 Å². The Morgan fingerprint density at radius 1 is 1.50 bits per heavy atom. The van der Waals surface area contributed by atoms with E-state index in [0.29, 0.717) is 11.6 Å². The van der Waals surface area contributed by atoms with Crippen molar-refractivity contribution in [1.82, 2.24) is 10.6 Å². The van der Waals surface area contributed by atoms with Gasteiger partial charge in [0.2, 0.25) is 0 Å². The quantitative estimate of drug-likeness (QED) is 0.800. The van der Waals surface area contributed by atoms with Crippen LogP contribution in [0.15, 0.2) is 24.3 Å². The van der Waals surface area contributed by atoms with E-state index in [2.05, 4.69) is 10.6 Å². The van der Waals surface area contributed by atoms with Crippen molar-refractivity contribution in [1.29, 1.82) is 0 Å². The zero-order valence-corrected chi connectivity index (χ0v) is 12.4. The van der Waals surface area contributed by atoms with Crippen molar-refractivity contribution < 1.29 is 9.90 Å². The van der Waals surface area contributed by atoms with Crippen molar-refractivity contribution in [3.8, 4) is 0 Å². The molecule has 1 aliphatic carbocycles. The Morgan fingerprint density at radius 2 is 2.30 bits per heavy atom. The maximum absolute atomic E-state index is 11.8. The molecule has 0 radical (unpaired) electrons. The molecule has 1 saturated carbocycles. The second-order valence-corrected chi connectivity index (χ2v) is 5.83. The second-order valence-electron chi connectivity index (χ2n) is 5.39. The first kappa shape index (κ1) is 15.1. The minimum absolute atomic E-state index is 0.109. The van der Waals surface area contributed by atoms with Crippen LogP contribution in [0.3, 0.4) is 0 Å². The fraction of sp³-hybridized carbons (Fsp3) is 0.533. The molecule has 1 aromatic carbocycles. The van der Waals surface area contributed by atoms with Crippen LogP contribution < -0.4 is 10.6 Å². The molecule has 5 heteroatoms. The van der Waals surface area contributed by atoms with Crippen molar-refractivity contribution in [2.24, 2.45) is 5.92 Å². The van der Waals surface area contributed by atoms with Crippen LogP contribution in [0.1, 0.15) is 37.8 Å². The SMILES string of the molecule is C[C@H](NC(=O)NC[C@H]1CCC[C@@H]1O)c1cccc(Cl)c1. The molecule has 3 N–H and O–H groups in total. The van der Waals surface area contributed by atoms with E-state index < -0.39 is 0 Å². The number of benzene rings is 1. The summed E-state index contributed by atoms with van der Waals surface area (Å²) in [5, 5.41) is 16.1. The predicted molar refractivity (Wildman–Crippen MR) is 79.7 cm³/mol. The summed E-state index contributed by atoms with van der Waals surface area (Å²) in [5.41, 5.74) is 0.966. The summed E-state index contributed by atoms with van der Waals surface area (Å²) in [4.78, 5) is 11.8. The van der Waals surface area contributed by atoms with Crippen molar-refractivity contribution >= 4 is 17.6 Å². The van der Waals surface area contributed by atoms with Gasteiger partial charge in [0.1, 0.15) is 0 Å². The largest absolute Gasteiger partial charge is 0.393 e. The van der Waals surface area contributed by atoms with E-state index >= 15 is 0 Å². The summed E-state index contributed by atoms with van der Waals surface area (Å²) >= 11 is 5.93. The molecule has 0 saturated heterocycles. The highest BCUT2D eigenvalue weighted by Crippen LogP contribution is 2.24. The number of hydrogen-bond donors (Lipinski definition) is 3. The van der Waals surface area contributed by atoms with Crippen LogP contribution in [0.25, 0.3) is 0 Å². The average molecular weight is 297 g/mol. The van der Waals surface area contributed by atoms with Crippen LogP contribution in [-0.4, -0.2) is 23.8 Å². The monoisotopic (exact) mass is 296 g/mol. The van der Waals surface area contributed by atoms with E-state index in [4.69, 9.17) is 11.6 Å². The van der Waals surface area contributed by atoms with Gasteiger partial charge in [0.05, 0.1) is 12.1 Å². The van der Waals surface area contributed by atoms with Crippen molar-refractivity contribution in [2.75, 3.05) is 6.54 Å². The summed E-state index contributed by atoms with van der Waals surface area (Å²) in [5.74, 6) is 0.183. The Morgan fingerprint density at radius 3 is 2.95 bits per heavy atom. The molecule has 20 heavy (non-hydrogen) atoms. The molecule has 2 rings (SSSR count). The summed E-state index contributed by atoms with van der Waals surface area (Å²) in [6, 6.07) is 7.12. The Balaban J connectivity index is 1.79. The third kappa shape index (κ3) is 4.12. The number of nitrogens with one attached hydrogen (secondary N) is 2. The normalized spacial score (nSPS) is 23.4. The van der Waals surface area contributed by atoms with Crippen LogP contribution in [-0.2, 0) is 0 Å². The molecule has 1 aromatic rings. The molecule has 0 aromatic heterocycles. The lowest BCUT2D eigenvalue weighted by molar-refractivity contribution is 0.132. The first-order valence-corrected chi connectivity index (χ1v) is 7.42. The Bertz CT molecular complexity index is 467. The molecule has 0 aliphatic heterocycles. The van der Waals surface area contributed by atoms with Gasteiger partial charge < -0.3 is 15.7 Å². The number of carbonyl (C=O) groups excluding carboxylic acids is 1. The number of urea groups is 1. The van der Waals surface area contributed by atoms with Gasteiger partial charge in [0, 0.05) is 17.5 Å². The fourth-order valence-electron chi connectivity index (χ4n) is 2.59. The molecular weight excluding hydrogens is 276 g/mol. The standard InChI is InChI=1S/C15H21ClN2O2/c1-10(11-4-2-6-13(16)8-11)18-15(20)17-9-12-5-3-7-14(12)19/h2,4,6,8,10,12,14,19H,3,5,7,9H2,1H3,(H2,17,18,20)/t10-,12+,14-/m0/s1. The second kappa shape index (κ2) is 6.95. The highest BCUT2D eigenvalue weighted by Gasteiger charge is 2.25. The van der Waals surface area contributed by atoms with Crippen LogP contribution in [0.4, 0.5) is 4.79 Å². The predicted octanol–water partition coefficient (Wildman–Crippen LogP) is 2.86. The van der Waals surface area contributed by atoms with Gasteiger partial charge in [-0.1, -0.05) is 30.2 Å². The summed E-state index contributed by atoms with van der Waals surface area (Å²) in [6.07, 6.45) is 2.58. The lowest BCUT2D eigenvalue weighted by atomic mass is 10.1. The van der Waals surface area contributed by atoms with E-state index in [-0.39, 0.29) is 24.1 Å². The van der Waals surface area contributed by atoms with Gasteiger partial charge in [-0.2, -0.15) is 0 Å². The van der Waals surface area contributed by atoms with Gasteiger partial charge >= 0.3 is 6.03 Å². The average Bonchev–Trinajstić information content (AvgIpc) is 2.82. The van der Waals surface area contributed by atoms with Crippen molar-refractivity contribution in [3.63, 3.8) is 0 Å². The maximum Gasteiger partial charge on any atom is 0.315 e. The Kier molecular flexibility index (Phi) is 5.26. The van der Waals surface area contributed by atoms with Gasteiger partial charge in [0.25, 0.3) is 0 Å². The molecule has 0 spiro atoms. The number of halogens is 1. The minimum atomic E-state index is -0.277. The first-order valence-electron chi connectivity index (χ1n) is 7.04. The van der Waals surface area contributed by atoms with E-state index in [1.807, 2.05) is 25.1 Å². The zero-order valence-electron chi connectivity index (χ0n) is 11.6. The minimum Gasteiger partial charge on any atom is -0.393 e. The van der Waals surface area contributed by atoms with Crippen molar-refractivity contribution in [2.45, 2.75) is 38.3 Å². The molecule has 4 nitrogen and oxygen atoms in total. The lowest BCUT2D eigenvalue weighted by Gasteiger charge is -2.18. The van der Waals surface area contributed by atoms with Gasteiger partial charge in [-0.05, 0) is 37.5 Å². The highest BCUT2D eigenvalue weighted by atomic mass is 35.5. The van der Waals surface area contributed by atoms with Crippen molar-refractivity contribution in [3.05, 3.63) is 34.9 Å². The van der Waals surface area contributed by atoms with Gasteiger partial charge in [-0.25, -0.2) is 4.79 Å². The summed E-state index contributed by atoms with van der Waals surface area (Å²) < 4.78 is 0. The Labute approximate surface area is 124 Å². The number of hydrogen-bond acceptors (Lipinski definition) is 2. The molecule has 0 heterocycles. The first-order chi connectivity index (χ1) is 9.56. The van der Waals surface area contributed by atoms with Crippen LogP contribution in [0, 0.1) is 5.92 Å². The Hall–Kier alpha value is -1.26. The number of aliphatic hydroxyl groups is 1. The highest BCUT2D eigenvalue weighted by molar-refractivity contribution is 6.30. The van der Waals surface area contributed by atoms with Gasteiger partial charge in [-0.3, -0.25) is 0 Å². The fourth-order valence-corrected chi connectivity index (χ4v) is 2.78. The van der Waals surface area contributed by atoms with E-state index in [9.17, 15) is 9.90 Å². The smallest absolute Gasteiger partial charge is 0.315 e. The van der Waals surface area contributed by atoms with Crippen LogP contribution in [0.5, 0.6) is 0 Å². The molecule has 0 unspecified atom stereocenters. The molecule has 3 atom stereocenters. The van der Waals surface area contributed by atoms with E-state index in [0.717, 1.165) is 24.8 Å². The van der Waals surface area contributed by atoms with E-state index in [1.54, 1.807) is 6.07 Å².